The van der Waals surface area contributed by atoms with Crippen LogP contribution in [-0.4, -0.2) is 20.2 Å². The third-order valence-corrected chi connectivity index (χ3v) is 2.33. The number of H-pyrrole nitrogens is 1. The number of aliphatic hydroxyl groups excluding tert-OH is 1. The molecule has 0 saturated carbocycles. The lowest BCUT2D eigenvalue weighted by Crippen LogP contribution is -2.01. The molecular weight excluding hydrogens is 222 g/mol. The van der Waals surface area contributed by atoms with Gasteiger partial charge in [0.2, 0.25) is 11.4 Å². The second-order valence-corrected chi connectivity index (χ2v) is 3.70. The maximum absolute atomic E-state index is 10.9. The zero-order chi connectivity index (χ0) is 12.3. The molecule has 0 spiro atoms. The molecule has 0 saturated heterocycles. The van der Waals surface area contributed by atoms with Crippen LogP contribution in [0.3, 0.4) is 0 Å². The van der Waals surface area contributed by atoms with E-state index in [0.29, 0.717) is 12.0 Å². The van der Waals surface area contributed by atoms with Gasteiger partial charge in [0.15, 0.2) is 0 Å². The van der Waals surface area contributed by atoms with Gasteiger partial charge in [0.05, 0.1) is 5.56 Å². The Kier molecular flexibility index (Phi) is 3.34. The van der Waals surface area contributed by atoms with Crippen molar-refractivity contribution in [1.82, 2.24) is 15.1 Å². The van der Waals surface area contributed by atoms with Crippen molar-refractivity contribution in [2.45, 2.75) is 25.9 Å². The Bertz CT molecular complexity index is 526. The summed E-state index contributed by atoms with van der Waals surface area (Å²) in [5, 5.41) is 13.4. The molecule has 6 nitrogen and oxygen atoms in total. The summed E-state index contributed by atoms with van der Waals surface area (Å²) in [4.78, 5) is 17.5. The summed E-state index contributed by atoms with van der Waals surface area (Å²) in [6, 6.07) is 2.96. The highest BCUT2D eigenvalue weighted by molar-refractivity contribution is 5.50. The third-order valence-electron chi connectivity index (χ3n) is 2.33. The van der Waals surface area contributed by atoms with Gasteiger partial charge in [-0.1, -0.05) is 18.5 Å². The van der Waals surface area contributed by atoms with Crippen LogP contribution in [-0.2, 0) is 0 Å². The Balaban J connectivity index is 2.23. The normalized spacial score (nSPS) is 12.6. The molecular formula is C11H13N3O3. The van der Waals surface area contributed by atoms with Crippen LogP contribution in [0.1, 0.15) is 31.7 Å². The molecule has 90 valence electrons. The Morgan fingerprint density at radius 2 is 2.35 bits per heavy atom. The second kappa shape index (κ2) is 4.92. The lowest BCUT2D eigenvalue weighted by Gasteiger charge is -2.01. The van der Waals surface area contributed by atoms with Gasteiger partial charge in [-0.3, -0.25) is 4.79 Å². The molecule has 0 fully saturated rings. The summed E-state index contributed by atoms with van der Waals surface area (Å²) in [6.45, 7) is 1.96. The number of nitrogens with zero attached hydrogens (tertiary/aromatic N) is 2. The second-order valence-electron chi connectivity index (χ2n) is 3.70. The van der Waals surface area contributed by atoms with Crippen molar-refractivity contribution in [3.05, 3.63) is 34.5 Å². The van der Waals surface area contributed by atoms with Gasteiger partial charge in [0.25, 0.3) is 5.89 Å². The summed E-state index contributed by atoms with van der Waals surface area (Å²) >= 11 is 0. The van der Waals surface area contributed by atoms with E-state index < -0.39 is 6.10 Å². The molecule has 2 heterocycles. The maximum atomic E-state index is 10.9. The number of aromatic amines is 1. The van der Waals surface area contributed by atoms with E-state index in [4.69, 9.17) is 4.52 Å². The van der Waals surface area contributed by atoms with Gasteiger partial charge in [-0.2, -0.15) is 4.98 Å². The van der Waals surface area contributed by atoms with Crippen LogP contribution in [0, 0.1) is 0 Å². The van der Waals surface area contributed by atoms with Crippen LogP contribution < -0.4 is 5.56 Å². The van der Waals surface area contributed by atoms with Crippen LogP contribution in [0.5, 0.6) is 0 Å². The van der Waals surface area contributed by atoms with Gasteiger partial charge in [-0.25, -0.2) is 0 Å². The van der Waals surface area contributed by atoms with Crippen molar-refractivity contribution in [3.63, 3.8) is 0 Å². The third kappa shape index (κ3) is 2.59. The fourth-order valence-electron chi connectivity index (χ4n) is 1.43. The van der Waals surface area contributed by atoms with E-state index in [-0.39, 0.29) is 17.3 Å². The number of nitrogens with one attached hydrogen (secondary N) is 1. The predicted octanol–water partition coefficient (Wildman–Crippen LogP) is 1.26. The van der Waals surface area contributed by atoms with Crippen LogP contribution in [0.15, 0.2) is 27.6 Å². The summed E-state index contributed by atoms with van der Waals surface area (Å²) < 4.78 is 5.01. The molecule has 2 aromatic heterocycles. The van der Waals surface area contributed by atoms with Gasteiger partial charge < -0.3 is 14.6 Å². The molecule has 0 aromatic carbocycles. The minimum atomic E-state index is -0.708. The Morgan fingerprint density at radius 3 is 3.00 bits per heavy atom. The Morgan fingerprint density at radius 1 is 1.53 bits per heavy atom. The summed E-state index contributed by atoms with van der Waals surface area (Å²) in [5.41, 5.74) is 0.423. The van der Waals surface area contributed by atoms with E-state index >= 15 is 0 Å². The number of rotatable bonds is 4. The van der Waals surface area contributed by atoms with E-state index in [1.165, 1.54) is 12.3 Å². The molecule has 6 heteroatoms. The summed E-state index contributed by atoms with van der Waals surface area (Å²) in [7, 11) is 0. The van der Waals surface area contributed by atoms with E-state index in [0.717, 1.165) is 6.42 Å². The summed E-state index contributed by atoms with van der Waals surface area (Å²) in [5.74, 6) is 0.555. The molecule has 1 unspecified atom stereocenters. The fourth-order valence-corrected chi connectivity index (χ4v) is 1.43. The molecule has 0 aliphatic carbocycles. The molecule has 2 N–H and O–H groups in total. The molecule has 0 bridgehead atoms. The molecule has 0 aliphatic heterocycles. The van der Waals surface area contributed by atoms with E-state index in [2.05, 4.69) is 15.1 Å². The number of hydrogen-bond acceptors (Lipinski definition) is 5. The Hall–Kier alpha value is -1.95. The topological polar surface area (TPSA) is 92.0 Å². The zero-order valence-electron chi connectivity index (χ0n) is 9.38. The maximum Gasteiger partial charge on any atom is 0.259 e. The van der Waals surface area contributed by atoms with Crippen LogP contribution in [0.2, 0.25) is 0 Å². The molecule has 0 aliphatic rings. The van der Waals surface area contributed by atoms with Crippen LogP contribution >= 0.6 is 0 Å². The standard InChI is InChI=1S/C11H13N3O3/c1-2-3-8(15)10-13-11(17-14-10)7-4-5-9(16)12-6-7/h4-6,8,15H,2-3H2,1H3,(H,12,16). The predicted molar refractivity (Wildman–Crippen MR) is 60.2 cm³/mol. The fraction of sp³-hybridized carbons (Fsp3) is 0.364. The molecule has 2 rings (SSSR count). The minimum absolute atomic E-state index is 0.195. The number of aliphatic hydroxyl groups is 1. The monoisotopic (exact) mass is 235 g/mol. The van der Waals surface area contributed by atoms with Gasteiger partial charge in [-0.05, 0) is 12.5 Å². The van der Waals surface area contributed by atoms with Crippen molar-refractivity contribution < 1.29 is 9.63 Å². The van der Waals surface area contributed by atoms with Gasteiger partial charge in [0, 0.05) is 12.3 Å². The van der Waals surface area contributed by atoms with Crippen LogP contribution in [0.25, 0.3) is 11.5 Å². The number of pyridine rings is 1. The van der Waals surface area contributed by atoms with Gasteiger partial charge in [0.1, 0.15) is 6.10 Å². The van der Waals surface area contributed by atoms with Gasteiger partial charge >= 0.3 is 0 Å². The average molecular weight is 235 g/mol. The van der Waals surface area contributed by atoms with E-state index in [9.17, 15) is 9.90 Å². The molecule has 2 aromatic rings. The smallest absolute Gasteiger partial charge is 0.259 e. The highest BCUT2D eigenvalue weighted by Gasteiger charge is 2.15. The quantitative estimate of drug-likeness (QED) is 0.832. The van der Waals surface area contributed by atoms with Crippen molar-refractivity contribution >= 4 is 0 Å². The SMILES string of the molecule is CCCC(O)c1noc(-c2ccc(=O)[nH]c2)n1. The number of hydrogen-bond donors (Lipinski definition) is 2. The lowest BCUT2D eigenvalue weighted by molar-refractivity contribution is 0.153. The van der Waals surface area contributed by atoms with Crippen molar-refractivity contribution in [2.75, 3.05) is 0 Å². The highest BCUT2D eigenvalue weighted by atomic mass is 16.5. The first-order valence-corrected chi connectivity index (χ1v) is 5.41. The molecule has 17 heavy (non-hydrogen) atoms. The van der Waals surface area contributed by atoms with Crippen LogP contribution in [0.4, 0.5) is 0 Å². The Labute approximate surface area is 97.3 Å². The molecule has 0 amide bonds. The molecule has 1 atom stereocenters. The molecule has 0 radical (unpaired) electrons. The van der Waals surface area contributed by atoms with Crippen molar-refractivity contribution in [2.24, 2.45) is 0 Å². The first-order chi connectivity index (χ1) is 8.20. The number of aromatic nitrogens is 3. The van der Waals surface area contributed by atoms with Crippen molar-refractivity contribution in [1.29, 1.82) is 0 Å². The average Bonchev–Trinajstić information content (AvgIpc) is 2.80. The van der Waals surface area contributed by atoms with E-state index in [1.807, 2.05) is 6.92 Å². The summed E-state index contributed by atoms with van der Waals surface area (Å²) in [6.07, 6.45) is 2.21. The minimum Gasteiger partial charge on any atom is -0.385 e. The van der Waals surface area contributed by atoms with E-state index in [1.54, 1.807) is 6.07 Å². The van der Waals surface area contributed by atoms with Crippen molar-refractivity contribution in [3.8, 4) is 11.5 Å². The highest BCUT2D eigenvalue weighted by Crippen LogP contribution is 2.19. The zero-order valence-corrected chi connectivity index (χ0v) is 9.38. The largest absolute Gasteiger partial charge is 0.385 e. The first kappa shape index (κ1) is 11.5. The first-order valence-electron chi connectivity index (χ1n) is 5.41. The van der Waals surface area contributed by atoms with Gasteiger partial charge in [-0.15, -0.1) is 0 Å². The lowest BCUT2D eigenvalue weighted by atomic mass is 10.2.